The summed E-state index contributed by atoms with van der Waals surface area (Å²) in [6, 6.07) is 12.2. The summed E-state index contributed by atoms with van der Waals surface area (Å²) in [5.74, 6) is -2.51. The highest BCUT2D eigenvalue weighted by atomic mass is 79.9. The van der Waals surface area contributed by atoms with Crippen LogP contribution in [0.5, 0.6) is 0 Å². The van der Waals surface area contributed by atoms with Gasteiger partial charge in [0.05, 0.1) is 11.2 Å². The van der Waals surface area contributed by atoms with Gasteiger partial charge in [-0.1, -0.05) is 15.9 Å². The van der Waals surface area contributed by atoms with Crippen LogP contribution in [0.3, 0.4) is 0 Å². The number of benzene rings is 1. The number of fused-ring (bicyclic) bond motifs is 1. The van der Waals surface area contributed by atoms with Crippen molar-refractivity contribution < 1.29 is 19.8 Å². The molecule has 0 unspecified atom stereocenters. The van der Waals surface area contributed by atoms with E-state index in [1.807, 2.05) is 29.1 Å². The van der Waals surface area contributed by atoms with E-state index in [4.69, 9.17) is 10.2 Å². The van der Waals surface area contributed by atoms with E-state index in [-0.39, 0.29) is 0 Å². The lowest BCUT2D eigenvalue weighted by atomic mass is 10.2. The summed E-state index contributed by atoms with van der Waals surface area (Å²) in [5, 5.41) is 16.8. The molecule has 0 radical (unpaired) electrons. The Labute approximate surface area is 151 Å². The molecule has 1 aromatic carbocycles. The summed E-state index contributed by atoms with van der Waals surface area (Å²) >= 11 is 3.47. The topological polar surface area (TPSA) is 104 Å². The zero-order chi connectivity index (χ0) is 18.2. The maximum atomic E-state index is 9.55. The van der Waals surface area contributed by atoms with Crippen LogP contribution in [-0.2, 0) is 9.59 Å². The molecule has 2 aromatic heterocycles. The van der Waals surface area contributed by atoms with Crippen LogP contribution in [0.2, 0.25) is 0 Å². The predicted molar refractivity (Wildman–Crippen MR) is 97.3 cm³/mol. The van der Waals surface area contributed by atoms with E-state index >= 15 is 0 Å². The summed E-state index contributed by atoms with van der Waals surface area (Å²) in [5.41, 5.74) is 5.47. The molecule has 0 aliphatic rings. The van der Waals surface area contributed by atoms with Gasteiger partial charge in [-0.15, -0.1) is 0 Å². The zero-order valence-electron chi connectivity index (χ0n) is 12.8. The smallest absolute Gasteiger partial charge is 0.328 e. The number of hydrogen-bond donors (Lipinski definition) is 3. The normalized spacial score (nSPS) is 10.3. The van der Waals surface area contributed by atoms with Gasteiger partial charge in [-0.2, -0.15) is 0 Å². The molecule has 0 saturated heterocycles. The summed E-state index contributed by atoms with van der Waals surface area (Å²) in [6.07, 6.45) is 6.66. The van der Waals surface area contributed by atoms with E-state index in [0.717, 1.165) is 15.7 Å². The number of carboxylic acid groups (broad SMARTS) is 2. The number of carbonyl (C=O) groups is 2. The molecule has 25 heavy (non-hydrogen) atoms. The van der Waals surface area contributed by atoms with Crippen molar-refractivity contribution in [2.45, 2.75) is 0 Å². The lowest BCUT2D eigenvalue weighted by Crippen LogP contribution is -2.06. The SMILES string of the molecule is Brc1ccc2c(ccn2Nc2ccncc2)c1.O=C(O)C=CC(=O)O. The van der Waals surface area contributed by atoms with Gasteiger partial charge in [0.15, 0.2) is 0 Å². The molecule has 7 nitrogen and oxygen atoms in total. The van der Waals surface area contributed by atoms with E-state index < -0.39 is 11.9 Å². The fraction of sp³-hybridized carbons (Fsp3) is 0. The Morgan fingerprint density at radius 2 is 1.68 bits per heavy atom. The lowest BCUT2D eigenvalue weighted by molar-refractivity contribution is -0.134. The van der Waals surface area contributed by atoms with Crippen LogP contribution in [0.25, 0.3) is 10.9 Å². The fourth-order valence-corrected chi connectivity index (χ4v) is 2.30. The van der Waals surface area contributed by atoms with Gasteiger partial charge in [0.25, 0.3) is 0 Å². The maximum absolute atomic E-state index is 9.55. The number of aromatic nitrogens is 2. The van der Waals surface area contributed by atoms with E-state index in [2.05, 4.69) is 44.5 Å². The monoisotopic (exact) mass is 403 g/mol. The predicted octanol–water partition coefficient (Wildman–Crippen LogP) is 3.39. The number of rotatable bonds is 4. The van der Waals surface area contributed by atoms with Crippen molar-refractivity contribution in [3.8, 4) is 0 Å². The molecule has 128 valence electrons. The number of hydrogen-bond acceptors (Lipinski definition) is 4. The number of pyridine rings is 1. The fourth-order valence-electron chi connectivity index (χ4n) is 1.92. The minimum atomic E-state index is -1.26. The first-order valence-electron chi connectivity index (χ1n) is 7.03. The number of nitrogens with one attached hydrogen (secondary N) is 1. The minimum Gasteiger partial charge on any atom is -0.478 e. The van der Waals surface area contributed by atoms with Gasteiger partial charge in [-0.3, -0.25) is 15.1 Å². The van der Waals surface area contributed by atoms with Gasteiger partial charge < -0.3 is 10.2 Å². The van der Waals surface area contributed by atoms with Gasteiger partial charge in [0, 0.05) is 40.6 Å². The molecule has 0 amide bonds. The third-order valence-corrected chi connectivity index (χ3v) is 3.44. The van der Waals surface area contributed by atoms with Crippen molar-refractivity contribution >= 4 is 44.5 Å². The highest BCUT2D eigenvalue weighted by Crippen LogP contribution is 2.21. The second kappa shape index (κ2) is 8.65. The third-order valence-electron chi connectivity index (χ3n) is 2.95. The Kier molecular flexibility index (Phi) is 6.30. The quantitative estimate of drug-likeness (QED) is 0.576. The minimum absolute atomic E-state index is 0.558. The number of nitrogens with zero attached hydrogens (tertiary/aromatic N) is 2. The number of aliphatic carboxylic acids is 2. The van der Waals surface area contributed by atoms with Crippen molar-refractivity contribution in [3.63, 3.8) is 0 Å². The van der Waals surface area contributed by atoms with Crippen LogP contribution >= 0.6 is 15.9 Å². The number of halogens is 1. The van der Waals surface area contributed by atoms with Gasteiger partial charge >= 0.3 is 11.9 Å². The highest BCUT2D eigenvalue weighted by Gasteiger charge is 2.01. The molecule has 0 fully saturated rings. The van der Waals surface area contributed by atoms with Crippen molar-refractivity contribution in [3.05, 3.63) is 71.6 Å². The van der Waals surface area contributed by atoms with Crippen molar-refractivity contribution in [2.24, 2.45) is 0 Å². The molecule has 8 heteroatoms. The second-order valence-electron chi connectivity index (χ2n) is 4.75. The van der Waals surface area contributed by atoms with Gasteiger partial charge in [-0.25, -0.2) is 9.59 Å². The molecule has 0 saturated carbocycles. The molecule has 0 bridgehead atoms. The summed E-state index contributed by atoms with van der Waals surface area (Å²) in [6.45, 7) is 0. The molecule has 2 heterocycles. The third kappa shape index (κ3) is 5.78. The molecular weight excluding hydrogens is 390 g/mol. The van der Waals surface area contributed by atoms with E-state index in [1.165, 1.54) is 5.39 Å². The average molecular weight is 404 g/mol. The zero-order valence-corrected chi connectivity index (χ0v) is 14.4. The van der Waals surface area contributed by atoms with E-state index in [9.17, 15) is 9.59 Å². The first-order chi connectivity index (χ1) is 12.0. The molecule has 0 aliphatic heterocycles. The number of anilines is 1. The Balaban J connectivity index is 0.000000242. The molecule has 0 aliphatic carbocycles. The highest BCUT2D eigenvalue weighted by molar-refractivity contribution is 9.10. The van der Waals surface area contributed by atoms with Gasteiger partial charge in [0.1, 0.15) is 0 Å². The molecular formula is C17H14BrN3O4. The van der Waals surface area contributed by atoms with Gasteiger partial charge in [-0.05, 0) is 36.4 Å². The Bertz CT molecular complexity index is 891. The van der Waals surface area contributed by atoms with Crippen LogP contribution in [0, 0.1) is 0 Å². The van der Waals surface area contributed by atoms with Crippen molar-refractivity contribution in [1.82, 2.24) is 9.66 Å². The van der Waals surface area contributed by atoms with Crippen molar-refractivity contribution in [1.29, 1.82) is 0 Å². The lowest BCUT2D eigenvalue weighted by Gasteiger charge is -2.08. The van der Waals surface area contributed by atoms with Crippen LogP contribution in [0.1, 0.15) is 0 Å². The van der Waals surface area contributed by atoms with E-state index in [0.29, 0.717) is 12.2 Å². The van der Waals surface area contributed by atoms with Crippen molar-refractivity contribution in [2.75, 3.05) is 5.43 Å². The van der Waals surface area contributed by atoms with Gasteiger partial charge in [0.2, 0.25) is 0 Å². The Morgan fingerprint density at radius 1 is 1.04 bits per heavy atom. The summed E-state index contributed by atoms with van der Waals surface area (Å²) in [4.78, 5) is 23.1. The van der Waals surface area contributed by atoms with Crippen LogP contribution in [0.4, 0.5) is 5.69 Å². The van der Waals surface area contributed by atoms with Crippen LogP contribution < -0.4 is 5.43 Å². The van der Waals surface area contributed by atoms with Crippen LogP contribution in [0.15, 0.2) is 71.6 Å². The van der Waals surface area contributed by atoms with E-state index in [1.54, 1.807) is 12.4 Å². The second-order valence-corrected chi connectivity index (χ2v) is 5.66. The molecule has 3 rings (SSSR count). The molecule has 0 spiro atoms. The maximum Gasteiger partial charge on any atom is 0.328 e. The summed E-state index contributed by atoms with van der Waals surface area (Å²) < 4.78 is 3.09. The number of carboxylic acids is 2. The largest absolute Gasteiger partial charge is 0.478 e. The molecule has 3 aromatic rings. The summed E-state index contributed by atoms with van der Waals surface area (Å²) in [7, 11) is 0. The first kappa shape index (κ1) is 18.2. The Hall–Kier alpha value is -3.13. The standard InChI is InChI=1S/C13H10BrN3.C4H4O4/c14-11-1-2-13-10(9-11)5-8-17(13)16-12-3-6-15-7-4-12;5-3(6)1-2-4(7)8/h1-9H,(H,15,16);1-2H,(H,5,6)(H,7,8). The average Bonchev–Trinajstić information content (AvgIpc) is 2.96. The molecule has 3 N–H and O–H groups in total. The van der Waals surface area contributed by atoms with Crippen LogP contribution in [-0.4, -0.2) is 31.8 Å². The molecule has 0 atom stereocenters. The Morgan fingerprint density at radius 3 is 2.28 bits per heavy atom. The first-order valence-corrected chi connectivity index (χ1v) is 7.82.